The van der Waals surface area contributed by atoms with E-state index in [1.807, 2.05) is 38.1 Å². The zero-order valence-electron chi connectivity index (χ0n) is 12.1. The molecular weight excluding hydrogens is 284 g/mol. The second-order valence-electron chi connectivity index (χ2n) is 4.87. The molecule has 0 saturated carbocycles. The minimum absolute atomic E-state index is 0.0708. The fourth-order valence-electron chi connectivity index (χ4n) is 1.92. The van der Waals surface area contributed by atoms with Gasteiger partial charge in [-0.1, -0.05) is 24.3 Å². The molecule has 0 fully saturated rings. The SMILES string of the molecule is Cc1ccc(NC(=O)CS(=O)c2ccccc2C)cc1N. The first-order chi connectivity index (χ1) is 9.97. The van der Waals surface area contributed by atoms with Gasteiger partial charge in [0.2, 0.25) is 5.91 Å². The van der Waals surface area contributed by atoms with Crippen molar-refractivity contribution in [3.05, 3.63) is 53.6 Å². The lowest BCUT2D eigenvalue weighted by Crippen LogP contribution is -2.20. The fraction of sp³-hybridized carbons (Fsp3) is 0.188. The van der Waals surface area contributed by atoms with E-state index >= 15 is 0 Å². The molecule has 1 amide bonds. The Morgan fingerprint density at radius 3 is 2.52 bits per heavy atom. The van der Waals surface area contributed by atoms with Gasteiger partial charge in [0.05, 0.1) is 10.8 Å². The maximum absolute atomic E-state index is 12.2. The molecule has 0 aliphatic rings. The molecular formula is C16H18N2O2S. The minimum atomic E-state index is -1.35. The van der Waals surface area contributed by atoms with Crippen molar-refractivity contribution in [2.75, 3.05) is 16.8 Å². The van der Waals surface area contributed by atoms with Crippen LogP contribution >= 0.6 is 0 Å². The number of rotatable bonds is 4. The molecule has 0 saturated heterocycles. The molecule has 3 N–H and O–H groups in total. The Bertz CT molecular complexity index is 698. The van der Waals surface area contributed by atoms with E-state index in [9.17, 15) is 9.00 Å². The van der Waals surface area contributed by atoms with Gasteiger partial charge in [-0.05, 0) is 43.2 Å². The molecule has 0 aromatic heterocycles. The van der Waals surface area contributed by atoms with Crippen LogP contribution in [0.15, 0.2) is 47.4 Å². The molecule has 2 aromatic rings. The number of amides is 1. The molecule has 21 heavy (non-hydrogen) atoms. The molecule has 5 heteroatoms. The number of nitrogens with two attached hydrogens (primary N) is 1. The summed E-state index contributed by atoms with van der Waals surface area (Å²) in [5.41, 5.74) is 8.91. The first kappa shape index (κ1) is 15.3. The second-order valence-corrected chi connectivity index (χ2v) is 6.29. The van der Waals surface area contributed by atoms with Gasteiger partial charge >= 0.3 is 0 Å². The monoisotopic (exact) mass is 302 g/mol. The van der Waals surface area contributed by atoms with E-state index in [4.69, 9.17) is 5.73 Å². The highest BCUT2D eigenvalue weighted by molar-refractivity contribution is 7.85. The predicted molar refractivity (Wildman–Crippen MR) is 86.7 cm³/mol. The third-order valence-electron chi connectivity index (χ3n) is 3.16. The number of benzene rings is 2. The molecule has 1 unspecified atom stereocenters. The van der Waals surface area contributed by atoms with Crippen LogP contribution in [0.5, 0.6) is 0 Å². The molecule has 0 radical (unpaired) electrons. The smallest absolute Gasteiger partial charge is 0.237 e. The Balaban J connectivity index is 2.03. The Kier molecular flexibility index (Phi) is 4.75. The molecule has 2 rings (SSSR count). The van der Waals surface area contributed by atoms with Crippen LogP contribution in [-0.4, -0.2) is 15.9 Å². The Morgan fingerprint density at radius 1 is 1.14 bits per heavy atom. The number of carbonyl (C=O) groups is 1. The molecule has 4 nitrogen and oxygen atoms in total. The summed E-state index contributed by atoms with van der Waals surface area (Å²) >= 11 is 0. The highest BCUT2D eigenvalue weighted by Crippen LogP contribution is 2.17. The highest BCUT2D eigenvalue weighted by Gasteiger charge is 2.12. The molecule has 0 aliphatic heterocycles. The van der Waals surface area contributed by atoms with Crippen LogP contribution in [0.2, 0.25) is 0 Å². The van der Waals surface area contributed by atoms with Gasteiger partial charge in [-0.3, -0.25) is 9.00 Å². The molecule has 0 aliphatic carbocycles. The van der Waals surface area contributed by atoms with Gasteiger partial charge in [-0.25, -0.2) is 0 Å². The van der Waals surface area contributed by atoms with Crippen molar-refractivity contribution in [1.82, 2.24) is 0 Å². The topological polar surface area (TPSA) is 72.2 Å². The van der Waals surface area contributed by atoms with Crippen molar-refractivity contribution in [2.45, 2.75) is 18.7 Å². The number of hydrogen-bond acceptors (Lipinski definition) is 3. The highest BCUT2D eigenvalue weighted by atomic mass is 32.2. The molecule has 0 bridgehead atoms. The number of nitrogens with one attached hydrogen (secondary N) is 1. The first-order valence-corrected chi connectivity index (χ1v) is 7.89. The molecule has 0 heterocycles. The second kappa shape index (κ2) is 6.54. The van der Waals surface area contributed by atoms with Gasteiger partial charge in [-0.2, -0.15) is 0 Å². The van der Waals surface area contributed by atoms with E-state index in [-0.39, 0.29) is 11.7 Å². The van der Waals surface area contributed by atoms with Crippen LogP contribution in [0.4, 0.5) is 11.4 Å². The number of anilines is 2. The number of nitrogen functional groups attached to an aromatic ring is 1. The van der Waals surface area contributed by atoms with Gasteiger partial charge in [0.25, 0.3) is 0 Å². The summed E-state index contributed by atoms with van der Waals surface area (Å²) < 4.78 is 12.2. The van der Waals surface area contributed by atoms with Crippen molar-refractivity contribution in [3.63, 3.8) is 0 Å². The summed E-state index contributed by atoms with van der Waals surface area (Å²) in [6.45, 7) is 3.78. The van der Waals surface area contributed by atoms with E-state index in [0.717, 1.165) is 11.1 Å². The zero-order valence-corrected chi connectivity index (χ0v) is 12.9. The van der Waals surface area contributed by atoms with E-state index < -0.39 is 10.8 Å². The molecule has 0 spiro atoms. The van der Waals surface area contributed by atoms with Crippen molar-refractivity contribution in [1.29, 1.82) is 0 Å². The van der Waals surface area contributed by atoms with E-state index in [1.54, 1.807) is 18.2 Å². The normalized spacial score (nSPS) is 11.9. The fourth-order valence-corrected chi connectivity index (χ4v) is 3.05. The minimum Gasteiger partial charge on any atom is -0.398 e. The summed E-state index contributed by atoms with van der Waals surface area (Å²) in [4.78, 5) is 12.6. The van der Waals surface area contributed by atoms with Crippen molar-refractivity contribution >= 4 is 28.1 Å². The van der Waals surface area contributed by atoms with Crippen LogP contribution in [0.1, 0.15) is 11.1 Å². The summed E-state index contributed by atoms with van der Waals surface area (Å²) in [5.74, 6) is -0.363. The van der Waals surface area contributed by atoms with Gasteiger partial charge in [0, 0.05) is 16.3 Å². The lowest BCUT2D eigenvalue weighted by atomic mass is 10.2. The lowest BCUT2D eigenvalue weighted by molar-refractivity contribution is -0.113. The van der Waals surface area contributed by atoms with Gasteiger partial charge in [0.1, 0.15) is 5.75 Å². The summed E-state index contributed by atoms with van der Waals surface area (Å²) in [6, 6.07) is 12.7. The van der Waals surface area contributed by atoms with E-state index in [2.05, 4.69) is 5.32 Å². The van der Waals surface area contributed by atoms with Crippen molar-refractivity contribution in [3.8, 4) is 0 Å². The molecule has 110 valence electrons. The van der Waals surface area contributed by atoms with E-state index in [1.165, 1.54) is 0 Å². The average Bonchev–Trinajstić information content (AvgIpc) is 2.43. The lowest BCUT2D eigenvalue weighted by Gasteiger charge is -2.08. The standard InChI is InChI=1S/C16H18N2O2S/c1-11-7-8-13(9-14(11)17)18-16(19)10-21(20)15-6-4-3-5-12(15)2/h3-9H,10,17H2,1-2H3,(H,18,19). The Labute approximate surface area is 126 Å². The number of hydrogen-bond donors (Lipinski definition) is 2. The third-order valence-corrected chi connectivity index (χ3v) is 4.64. The van der Waals surface area contributed by atoms with Crippen LogP contribution in [0.3, 0.4) is 0 Å². The Morgan fingerprint density at radius 2 is 1.86 bits per heavy atom. The maximum Gasteiger partial charge on any atom is 0.237 e. The zero-order chi connectivity index (χ0) is 15.4. The van der Waals surface area contributed by atoms with Gasteiger partial charge < -0.3 is 11.1 Å². The van der Waals surface area contributed by atoms with Gasteiger partial charge in [0.15, 0.2) is 0 Å². The van der Waals surface area contributed by atoms with Crippen molar-refractivity contribution < 1.29 is 9.00 Å². The van der Waals surface area contributed by atoms with E-state index in [0.29, 0.717) is 16.3 Å². The number of aryl methyl sites for hydroxylation is 2. The number of carbonyl (C=O) groups excluding carboxylic acids is 1. The molecule has 1 atom stereocenters. The van der Waals surface area contributed by atoms with Crippen molar-refractivity contribution in [2.24, 2.45) is 0 Å². The van der Waals surface area contributed by atoms with Crippen LogP contribution in [0, 0.1) is 13.8 Å². The first-order valence-electron chi connectivity index (χ1n) is 6.57. The third kappa shape index (κ3) is 3.92. The summed E-state index contributed by atoms with van der Waals surface area (Å²) in [6.07, 6.45) is 0. The average molecular weight is 302 g/mol. The predicted octanol–water partition coefficient (Wildman–Crippen LogP) is 2.63. The molecule has 2 aromatic carbocycles. The van der Waals surface area contributed by atoms with Gasteiger partial charge in [-0.15, -0.1) is 0 Å². The largest absolute Gasteiger partial charge is 0.398 e. The Hall–Kier alpha value is -2.14. The van der Waals surface area contributed by atoms with Crippen LogP contribution in [0.25, 0.3) is 0 Å². The summed E-state index contributed by atoms with van der Waals surface area (Å²) in [7, 11) is -1.35. The summed E-state index contributed by atoms with van der Waals surface area (Å²) in [5, 5.41) is 2.72. The van der Waals surface area contributed by atoms with Crippen LogP contribution in [-0.2, 0) is 15.6 Å². The maximum atomic E-state index is 12.2. The quantitative estimate of drug-likeness (QED) is 0.853. The van der Waals surface area contributed by atoms with Crippen LogP contribution < -0.4 is 11.1 Å².